The van der Waals surface area contributed by atoms with Gasteiger partial charge in [-0.15, -0.1) is 0 Å². The molecule has 0 saturated heterocycles. The Kier molecular flexibility index (Phi) is 8.81. The second-order valence-corrected chi connectivity index (χ2v) is 7.50. The molecule has 0 bridgehead atoms. The first-order valence-corrected chi connectivity index (χ1v) is 9.17. The van der Waals surface area contributed by atoms with Crippen LogP contribution in [0.15, 0.2) is 24.3 Å². The lowest BCUT2D eigenvalue weighted by molar-refractivity contribution is -0.146. The molecule has 0 saturated carbocycles. The first-order chi connectivity index (χ1) is 12.9. The summed E-state index contributed by atoms with van der Waals surface area (Å²) in [7, 11) is 2.88. The van der Waals surface area contributed by atoms with Gasteiger partial charge in [0.15, 0.2) is 0 Å². The molecule has 1 rings (SSSR count). The minimum absolute atomic E-state index is 0.104. The van der Waals surface area contributed by atoms with Crippen molar-refractivity contribution in [3.05, 3.63) is 24.3 Å². The van der Waals surface area contributed by atoms with Gasteiger partial charge in [-0.25, -0.2) is 9.59 Å². The van der Waals surface area contributed by atoms with E-state index in [1.807, 2.05) is 0 Å². The van der Waals surface area contributed by atoms with Gasteiger partial charge in [0.2, 0.25) is 0 Å². The summed E-state index contributed by atoms with van der Waals surface area (Å²) in [5, 5.41) is 21.3. The summed E-state index contributed by atoms with van der Waals surface area (Å²) in [6.07, 6.45) is 3.69. The molecule has 1 heterocycles. The summed E-state index contributed by atoms with van der Waals surface area (Å²) in [5.74, 6) is -2.30. The van der Waals surface area contributed by atoms with Crippen molar-refractivity contribution in [3.8, 4) is 0 Å². The molecule has 0 aromatic carbocycles. The van der Waals surface area contributed by atoms with E-state index in [9.17, 15) is 19.8 Å². The normalized spacial score (nSPS) is 41.0. The van der Waals surface area contributed by atoms with E-state index in [1.165, 1.54) is 40.2 Å². The van der Waals surface area contributed by atoms with Crippen LogP contribution in [0.4, 0.5) is 0 Å². The summed E-state index contributed by atoms with van der Waals surface area (Å²) in [6, 6.07) is 0. The van der Waals surface area contributed by atoms with Gasteiger partial charge >= 0.3 is 11.9 Å². The maximum absolute atomic E-state index is 12.0. The number of carbonyl (C=O) groups is 2. The predicted octanol–water partition coefficient (Wildman–Crippen LogP) is 1.00. The van der Waals surface area contributed by atoms with Crippen LogP contribution in [0.3, 0.4) is 0 Å². The SMILES string of the molecule is COC1COC(=O)/C=C/[C@@](C)(O)[C@H](C)[C@@H](OC)COC(=O)/C=C/[C@@](C)(O)[C@@H]1C. The molecule has 0 aromatic rings. The summed E-state index contributed by atoms with van der Waals surface area (Å²) < 4.78 is 21.0. The molecule has 0 spiro atoms. The van der Waals surface area contributed by atoms with Crippen molar-refractivity contribution >= 4 is 11.9 Å². The lowest BCUT2D eigenvalue weighted by Gasteiger charge is -2.33. The molecule has 8 nitrogen and oxygen atoms in total. The number of hydrogen-bond donors (Lipinski definition) is 2. The van der Waals surface area contributed by atoms with E-state index in [-0.39, 0.29) is 13.2 Å². The van der Waals surface area contributed by atoms with E-state index in [0.717, 1.165) is 12.2 Å². The Hall–Kier alpha value is -1.74. The maximum Gasteiger partial charge on any atom is 0.330 e. The van der Waals surface area contributed by atoms with Crippen LogP contribution in [0, 0.1) is 11.8 Å². The fourth-order valence-electron chi connectivity index (χ4n) is 2.79. The van der Waals surface area contributed by atoms with Gasteiger partial charge in [-0.1, -0.05) is 13.8 Å². The van der Waals surface area contributed by atoms with Crippen LogP contribution in [-0.4, -0.2) is 73.0 Å². The Morgan fingerprint density at radius 2 is 1.18 bits per heavy atom. The van der Waals surface area contributed by atoms with Crippen LogP contribution in [0.5, 0.6) is 0 Å². The van der Waals surface area contributed by atoms with E-state index in [4.69, 9.17) is 18.9 Å². The third-order valence-electron chi connectivity index (χ3n) is 5.46. The summed E-state index contributed by atoms with van der Waals surface area (Å²) in [4.78, 5) is 24.1. The number of rotatable bonds is 2. The van der Waals surface area contributed by atoms with E-state index in [2.05, 4.69) is 0 Å². The summed E-state index contributed by atoms with van der Waals surface area (Å²) in [5.41, 5.74) is -2.81. The molecule has 0 aromatic heterocycles. The second-order valence-electron chi connectivity index (χ2n) is 7.50. The summed E-state index contributed by atoms with van der Waals surface area (Å²) in [6.45, 7) is 6.26. The first kappa shape index (κ1) is 24.3. The second kappa shape index (κ2) is 10.2. The highest BCUT2D eigenvalue weighted by molar-refractivity contribution is 5.82. The van der Waals surface area contributed by atoms with Gasteiger partial charge < -0.3 is 29.2 Å². The highest BCUT2D eigenvalue weighted by atomic mass is 16.6. The predicted molar refractivity (Wildman–Crippen MR) is 101 cm³/mol. The van der Waals surface area contributed by atoms with Crippen LogP contribution < -0.4 is 0 Å². The average Bonchev–Trinajstić information content (AvgIpc) is 2.64. The highest BCUT2D eigenvalue weighted by Gasteiger charge is 2.35. The molecule has 1 unspecified atom stereocenters. The van der Waals surface area contributed by atoms with E-state index >= 15 is 0 Å². The van der Waals surface area contributed by atoms with E-state index in [0.29, 0.717) is 0 Å². The van der Waals surface area contributed by atoms with Crippen molar-refractivity contribution in [2.24, 2.45) is 11.8 Å². The third-order valence-corrected chi connectivity index (χ3v) is 5.46. The van der Waals surface area contributed by atoms with Gasteiger partial charge in [-0.05, 0) is 26.0 Å². The molecule has 0 radical (unpaired) electrons. The number of esters is 2. The zero-order valence-electron chi connectivity index (χ0n) is 17.4. The van der Waals surface area contributed by atoms with Crippen molar-refractivity contribution in [3.63, 3.8) is 0 Å². The smallest absolute Gasteiger partial charge is 0.330 e. The Morgan fingerprint density at radius 3 is 1.46 bits per heavy atom. The van der Waals surface area contributed by atoms with Gasteiger partial charge in [0.1, 0.15) is 13.2 Å². The number of aliphatic hydroxyl groups is 2. The average molecular weight is 400 g/mol. The zero-order chi connectivity index (χ0) is 21.5. The van der Waals surface area contributed by atoms with E-state index < -0.39 is 47.2 Å². The topological polar surface area (TPSA) is 112 Å². The Morgan fingerprint density at radius 1 is 0.857 bits per heavy atom. The van der Waals surface area contributed by atoms with Gasteiger partial charge in [-0.3, -0.25) is 0 Å². The highest BCUT2D eigenvalue weighted by Crippen LogP contribution is 2.26. The van der Waals surface area contributed by atoms with Crippen molar-refractivity contribution in [2.45, 2.75) is 51.1 Å². The van der Waals surface area contributed by atoms with Crippen molar-refractivity contribution in [1.82, 2.24) is 0 Å². The minimum Gasteiger partial charge on any atom is -0.460 e. The number of cyclic esters (lactones) is 2. The molecular weight excluding hydrogens is 368 g/mol. The van der Waals surface area contributed by atoms with Gasteiger partial charge in [-0.2, -0.15) is 0 Å². The molecule has 0 fully saturated rings. The molecule has 0 amide bonds. The van der Waals surface area contributed by atoms with Crippen molar-refractivity contribution in [1.29, 1.82) is 0 Å². The summed E-state index contributed by atoms with van der Waals surface area (Å²) >= 11 is 0. The molecule has 2 N–H and O–H groups in total. The van der Waals surface area contributed by atoms with E-state index in [1.54, 1.807) is 13.8 Å². The molecule has 1 aliphatic rings. The fraction of sp³-hybridized carbons (Fsp3) is 0.700. The number of ether oxygens (including phenoxy) is 4. The first-order valence-electron chi connectivity index (χ1n) is 9.17. The molecule has 160 valence electrons. The number of carbonyl (C=O) groups excluding carboxylic acids is 2. The van der Waals surface area contributed by atoms with Crippen molar-refractivity contribution < 1.29 is 38.7 Å². The third kappa shape index (κ3) is 6.70. The quantitative estimate of drug-likeness (QED) is 0.661. The largest absolute Gasteiger partial charge is 0.460 e. The van der Waals surface area contributed by atoms with Gasteiger partial charge in [0.25, 0.3) is 0 Å². The Bertz CT molecular complexity index is 541. The number of hydrogen-bond acceptors (Lipinski definition) is 8. The Balaban J connectivity index is 3.17. The zero-order valence-corrected chi connectivity index (χ0v) is 17.4. The molecular formula is C20H32O8. The van der Waals surface area contributed by atoms with Gasteiger partial charge in [0.05, 0.1) is 23.4 Å². The van der Waals surface area contributed by atoms with Crippen LogP contribution in [0.1, 0.15) is 27.7 Å². The number of methoxy groups -OCH3 is 2. The molecule has 1 aliphatic heterocycles. The molecule has 0 aliphatic carbocycles. The van der Waals surface area contributed by atoms with Crippen LogP contribution in [-0.2, 0) is 28.5 Å². The maximum atomic E-state index is 12.0. The van der Waals surface area contributed by atoms with Crippen molar-refractivity contribution in [2.75, 3.05) is 27.4 Å². The standard InChI is InChI=1S/C20H32O8/c1-13-15(25-5)11-27-18(22)8-10-20(4,24)14(2)16(26-6)12-28-17(21)7-9-19(13,3)23/h7-10,13-16,23-24H,11-12H2,1-6H3/b9-7+,10-8+/t13-,14-,15+,16?,19-,20-/m1/s1. The molecule has 8 heteroatoms. The van der Waals surface area contributed by atoms with Crippen LogP contribution >= 0.6 is 0 Å². The van der Waals surface area contributed by atoms with Crippen LogP contribution in [0.2, 0.25) is 0 Å². The van der Waals surface area contributed by atoms with Crippen LogP contribution in [0.25, 0.3) is 0 Å². The fourth-order valence-corrected chi connectivity index (χ4v) is 2.79. The molecule has 28 heavy (non-hydrogen) atoms. The van der Waals surface area contributed by atoms with Gasteiger partial charge in [0, 0.05) is 38.2 Å². The monoisotopic (exact) mass is 400 g/mol. The Labute approximate surface area is 166 Å². The lowest BCUT2D eigenvalue weighted by Crippen LogP contribution is -2.43. The molecule has 6 atom stereocenters. The lowest BCUT2D eigenvalue weighted by atomic mass is 9.85. The minimum atomic E-state index is -1.41.